The van der Waals surface area contributed by atoms with E-state index < -0.39 is 41.9 Å². The molecule has 47 heavy (non-hydrogen) atoms. The molecule has 0 aliphatic carbocycles. The monoisotopic (exact) mass is 688 g/mol. The number of hydrogen-bond acceptors (Lipinski definition) is 7. The first-order chi connectivity index (χ1) is 21.7. The minimum atomic E-state index is -3.20. The highest BCUT2D eigenvalue weighted by molar-refractivity contribution is 7.93. The second-order valence-electron chi connectivity index (χ2n) is 13.8. The van der Waals surface area contributed by atoms with Crippen molar-refractivity contribution >= 4 is 41.4 Å². The van der Waals surface area contributed by atoms with Gasteiger partial charge in [-0.1, -0.05) is 26.8 Å². The fourth-order valence-electron chi connectivity index (χ4n) is 5.20. The Hall–Kier alpha value is -3.49. The van der Waals surface area contributed by atoms with Crippen LogP contribution in [0.25, 0.3) is 11.1 Å². The molecule has 10 nitrogen and oxygen atoms in total. The minimum Gasteiger partial charge on any atom is -0.405 e. The van der Waals surface area contributed by atoms with Crippen LogP contribution in [0.5, 0.6) is 0 Å². The summed E-state index contributed by atoms with van der Waals surface area (Å²) in [4.78, 5) is 33.7. The largest absolute Gasteiger partial charge is 0.405 e. The lowest BCUT2D eigenvalue weighted by Crippen LogP contribution is -2.45. The topological polar surface area (TPSA) is 119 Å². The minimum absolute atomic E-state index is 0.0481. The molecule has 2 amide bonds. The van der Waals surface area contributed by atoms with Crippen LogP contribution in [-0.4, -0.2) is 70.5 Å². The number of aryl methyl sites for hydroxylation is 1. The van der Waals surface area contributed by atoms with Gasteiger partial charge in [0.1, 0.15) is 11.9 Å². The Morgan fingerprint density at radius 1 is 1.17 bits per heavy atom. The average molecular weight is 689 g/mol. The number of rotatable bonds is 8. The van der Waals surface area contributed by atoms with Gasteiger partial charge in [-0.25, -0.2) is 18.0 Å². The van der Waals surface area contributed by atoms with Gasteiger partial charge in [-0.3, -0.25) is 14.3 Å². The number of amides is 2. The molecule has 0 radical (unpaired) electrons. The van der Waals surface area contributed by atoms with Gasteiger partial charge in [0.2, 0.25) is 5.92 Å². The average Bonchev–Trinajstić information content (AvgIpc) is 3.30. The maximum atomic E-state index is 14.3. The summed E-state index contributed by atoms with van der Waals surface area (Å²) < 4.78 is 54.1. The Kier molecular flexibility index (Phi) is 10.5. The quantitative estimate of drug-likeness (QED) is 0.252. The molecule has 0 spiro atoms. The van der Waals surface area contributed by atoms with Crippen molar-refractivity contribution in [2.75, 3.05) is 29.6 Å². The molecule has 1 aliphatic rings. The fourth-order valence-corrected chi connectivity index (χ4v) is 7.81. The Labute approximate surface area is 277 Å². The van der Waals surface area contributed by atoms with E-state index >= 15 is 0 Å². The number of carbonyl (C=O) groups excluding carboxylic acids is 2. The van der Waals surface area contributed by atoms with Crippen LogP contribution in [0.2, 0.25) is 18.1 Å². The van der Waals surface area contributed by atoms with E-state index in [1.54, 1.807) is 61.1 Å². The summed E-state index contributed by atoms with van der Waals surface area (Å²) in [6.45, 7) is 14.1. The van der Waals surface area contributed by atoms with Gasteiger partial charge >= 0.3 is 0 Å². The lowest BCUT2D eigenvalue weighted by Gasteiger charge is -2.37. The number of carbonyl (C=O) groups is 2. The standard InChI is InChI=1S/C33H46F2N6O4SSi/c1-22-27(24-19-37-40(6)21-24)20-36-29(41-16-11-14-33(34,35)15-17-41)28(22)31(43)38-25-12-10-13-26(18-25)46(7,44)39-30(42)23(2)45-47(8,9)32(3,4)5/h10,12-13,18-21,23H,11,14-17H2,1-9H3,(H,38,43). The van der Waals surface area contributed by atoms with E-state index in [2.05, 4.69) is 40.5 Å². The summed E-state index contributed by atoms with van der Waals surface area (Å²) in [5.74, 6) is -3.58. The molecule has 3 heterocycles. The van der Waals surface area contributed by atoms with Crippen molar-refractivity contribution < 1.29 is 27.0 Å². The zero-order chi connectivity index (χ0) is 34.9. The molecule has 14 heteroatoms. The fraction of sp³-hybridized carbons (Fsp3) is 0.515. The van der Waals surface area contributed by atoms with Gasteiger partial charge in [0, 0.05) is 73.3 Å². The van der Waals surface area contributed by atoms with E-state index in [0.717, 1.165) is 5.56 Å². The number of benzene rings is 1. The van der Waals surface area contributed by atoms with Crippen molar-refractivity contribution in [2.24, 2.45) is 11.4 Å². The van der Waals surface area contributed by atoms with E-state index in [9.17, 15) is 22.6 Å². The molecule has 4 rings (SSSR count). The second kappa shape index (κ2) is 13.6. The van der Waals surface area contributed by atoms with Gasteiger partial charge in [-0.05, 0) is 62.2 Å². The van der Waals surface area contributed by atoms with Crippen LogP contribution in [0.1, 0.15) is 62.9 Å². The van der Waals surface area contributed by atoms with Gasteiger partial charge in [0.15, 0.2) is 8.32 Å². The van der Waals surface area contributed by atoms with Crippen molar-refractivity contribution in [1.29, 1.82) is 0 Å². The molecule has 1 fully saturated rings. The molecule has 2 atom stereocenters. The van der Waals surface area contributed by atoms with Gasteiger partial charge in [-0.2, -0.15) is 9.46 Å². The van der Waals surface area contributed by atoms with Crippen molar-refractivity contribution in [1.82, 2.24) is 14.8 Å². The molecule has 1 aliphatic heterocycles. The third-order valence-electron chi connectivity index (χ3n) is 9.00. The highest BCUT2D eigenvalue weighted by Gasteiger charge is 2.40. The normalized spacial score (nSPS) is 17.4. The second-order valence-corrected chi connectivity index (χ2v) is 20.8. The van der Waals surface area contributed by atoms with Crippen LogP contribution in [0.15, 0.2) is 52.1 Å². The summed E-state index contributed by atoms with van der Waals surface area (Å²) in [5, 5.41) is 7.00. The maximum Gasteiger partial charge on any atom is 0.281 e. The smallest absolute Gasteiger partial charge is 0.281 e. The Morgan fingerprint density at radius 3 is 2.51 bits per heavy atom. The van der Waals surface area contributed by atoms with E-state index in [0.29, 0.717) is 29.2 Å². The summed E-state index contributed by atoms with van der Waals surface area (Å²) in [5.41, 5.74) is 2.63. The number of pyridine rings is 1. The van der Waals surface area contributed by atoms with Crippen molar-refractivity contribution in [3.63, 3.8) is 0 Å². The molecule has 2 unspecified atom stereocenters. The predicted octanol–water partition coefficient (Wildman–Crippen LogP) is 7.06. The molecular formula is C33H46F2N6O4SSi. The van der Waals surface area contributed by atoms with Gasteiger partial charge in [0.05, 0.1) is 21.5 Å². The van der Waals surface area contributed by atoms with Crippen LogP contribution in [-0.2, 0) is 26.0 Å². The third-order valence-corrected chi connectivity index (χ3v) is 15.2. The number of hydrogen-bond donors (Lipinski definition) is 1. The number of anilines is 2. The molecule has 1 aromatic carbocycles. The molecule has 1 N–H and O–H groups in total. The number of alkyl halides is 2. The summed E-state index contributed by atoms with van der Waals surface area (Å²) >= 11 is 0. The van der Waals surface area contributed by atoms with Crippen molar-refractivity contribution in [3.8, 4) is 11.1 Å². The van der Waals surface area contributed by atoms with E-state index in [4.69, 9.17) is 4.43 Å². The zero-order valence-corrected chi connectivity index (χ0v) is 30.5. The van der Waals surface area contributed by atoms with Gasteiger partial charge in [0.25, 0.3) is 11.8 Å². The van der Waals surface area contributed by atoms with Crippen LogP contribution in [0.4, 0.5) is 20.3 Å². The van der Waals surface area contributed by atoms with Crippen molar-refractivity contribution in [2.45, 2.75) is 88.9 Å². The number of nitrogens with zero attached hydrogens (tertiary/aromatic N) is 5. The van der Waals surface area contributed by atoms with Crippen LogP contribution in [0.3, 0.4) is 0 Å². The Balaban J connectivity index is 1.66. The third kappa shape index (κ3) is 8.51. The molecular weight excluding hydrogens is 643 g/mol. The molecule has 256 valence electrons. The maximum absolute atomic E-state index is 14.3. The van der Waals surface area contributed by atoms with E-state index in [1.807, 2.05) is 19.3 Å². The molecule has 2 aromatic heterocycles. The summed E-state index contributed by atoms with van der Waals surface area (Å²) in [7, 11) is -3.69. The number of aromatic nitrogens is 3. The van der Waals surface area contributed by atoms with Crippen LogP contribution >= 0.6 is 0 Å². The van der Waals surface area contributed by atoms with Gasteiger partial charge < -0.3 is 14.6 Å². The highest BCUT2D eigenvalue weighted by atomic mass is 32.2. The molecule has 3 aromatic rings. The van der Waals surface area contributed by atoms with Crippen LogP contribution in [0, 0.1) is 6.92 Å². The first-order valence-corrected chi connectivity index (χ1v) is 20.5. The number of nitrogens with one attached hydrogen (secondary N) is 1. The molecule has 1 saturated heterocycles. The zero-order valence-electron chi connectivity index (χ0n) is 28.7. The summed E-state index contributed by atoms with van der Waals surface area (Å²) in [6, 6.07) is 6.38. The lowest BCUT2D eigenvalue weighted by atomic mass is 9.99. The molecule has 0 saturated carbocycles. The van der Waals surface area contributed by atoms with E-state index in [1.165, 1.54) is 12.3 Å². The van der Waals surface area contributed by atoms with Crippen molar-refractivity contribution in [3.05, 3.63) is 54.0 Å². The Bertz CT molecular complexity index is 1780. The van der Waals surface area contributed by atoms with Crippen LogP contribution < -0.4 is 10.2 Å². The highest BCUT2D eigenvalue weighted by Crippen LogP contribution is 2.38. The van der Waals surface area contributed by atoms with Gasteiger partial charge in [-0.15, -0.1) is 0 Å². The Morgan fingerprint density at radius 2 is 1.87 bits per heavy atom. The van der Waals surface area contributed by atoms with E-state index in [-0.39, 0.29) is 41.3 Å². The lowest BCUT2D eigenvalue weighted by molar-refractivity contribution is -0.124. The SMILES string of the molecule is Cc1c(-c2cnn(C)c2)cnc(N2CCCC(F)(F)CC2)c1C(=O)Nc1cccc(S(C)(=O)=NC(=O)C(C)O[Si](C)(C)C(C)(C)C)c1. The molecule has 0 bridgehead atoms. The predicted molar refractivity (Wildman–Crippen MR) is 184 cm³/mol. The first-order valence-electron chi connectivity index (χ1n) is 15.7. The number of halogens is 2. The summed E-state index contributed by atoms with van der Waals surface area (Å²) in [6.07, 6.45) is 5.33. The first kappa shape index (κ1) is 36.3.